The minimum Gasteiger partial charge on any atom is -0.493 e. The summed E-state index contributed by atoms with van der Waals surface area (Å²) < 4.78 is 11.3. The van der Waals surface area contributed by atoms with Gasteiger partial charge in [-0.15, -0.1) is 11.8 Å². The molecule has 150 valence electrons. The number of thioether (sulfide) groups is 1. The summed E-state index contributed by atoms with van der Waals surface area (Å²) in [4.78, 5) is 41.2. The molecule has 2 N–H and O–H groups in total. The zero-order valence-corrected chi connectivity index (χ0v) is 16.9. The quantitative estimate of drug-likeness (QED) is 0.556. The van der Waals surface area contributed by atoms with Gasteiger partial charge in [-0.25, -0.2) is 0 Å². The van der Waals surface area contributed by atoms with Crippen LogP contribution in [0.5, 0.6) is 11.5 Å². The molecule has 0 radical (unpaired) electrons. The van der Waals surface area contributed by atoms with Crippen LogP contribution in [0.1, 0.15) is 22.8 Å². The number of fused-ring (bicyclic) bond motifs is 6. The Bertz CT molecular complexity index is 1120. The normalized spacial score (nSPS) is 35.9. The molecule has 3 heterocycles. The Hall–Kier alpha value is -2.26. The molecule has 7 nitrogen and oxygen atoms in total. The van der Waals surface area contributed by atoms with E-state index in [0.29, 0.717) is 17.9 Å². The molecule has 0 saturated heterocycles. The van der Waals surface area contributed by atoms with Crippen LogP contribution in [0.25, 0.3) is 0 Å². The lowest BCUT2D eigenvalue weighted by molar-refractivity contribution is -0.156. The van der Waals surface area contributed by atoms with Gasteiger partial charge in [-0.2, -0.15) is 0 Å². The van der Waals surface area contributed by atoms with Gasteiger partial charge in [-0.05, 0) is 30.2 Å². The number of carboxylic acids is 1. The largest absolute Gasteiger partial charge is 0.493 e. The van der Waals surface area contributed by atoms with Crippen LogP contribution >= 0.6 is 23.1 Å². The summed E-state index contributed by atoms with van der Waals surface area (Å²) in [5, 5.41) is 10.8. The summed E-state index contributed by atoms with van der Waals surface area (Å²) in [6.07, 6.45) is 0.702. The Balaban J connectivity index is 1.65. The van der Waals surface area contributed by atoms with Gasteiger partial charge in [0.25, 0.3) is 0 Å². The molecule has 2 aromatic rings. The molecule has 1 aromatic heterocycles. The first-order valence-electron chi connectivity index (χ1n) is 9.50. The van der Waals surface area contributed by atoms with Crippen molar-refractivity contribution in [1.82, 2.24) is 4.98 Å². The van der Waals surface area contributed by atoms with Crippen LogP contribution in [0.15, 0.2) is 28.0 Å². The van der Waals surface area contributed by atoms with Crippen molar-refractivity contribution in [2.45, 2.75) is 22.6 Å². The molecule has 1 aromatic carbocycles. The lowest BCUT2D eigenvalue weighted by atomic mass is 9.66. The molecular formula is C20H17NO6S2. The smallest absolute Gasteiger partial charge is 0.315 e. The van der Waals surface area contributed by atoms with Gasteiger partial charge in [0.1, 0.15) is 0 Å². The van der Waals surface area contributed by atoms with Gasteiger partial charge >= 0.3 is 16.8 Å². The topological polar surface area (TPSA) is 106 Å². The third-order valence-corrected chi connectivity index (χ3v) is 9.63. The van der Waals surface area contributed by atoms with Crippen LogP contribution in [-0.4, -0.2) is 34.4 Å². The molecule has 2 saturated carbocycles. The molecule has 6 rings (SSSR count). The van der Waals surface area contributed by atoms with Crippen LogP contribution in [0.2, 0.25) is 0 Å². The number of benzene rings is 1. The maximum atomic E-state index is 13.1. The standard InChI is InChI=1S/C20H17NO6S2/c1-26-9-4-2-3-6-10-11-7-5-8(15(11)28-17-16(10)29-20(25)21-17)12(18(22)23)13(7)19(24)27-14(6)9/h2-4,7-8,10-13,15H,5H2,1H3,(H,21,25)(H,22,23)/t7-,8+,10+,11+,12-,13-,15+/m0/s1. The second-order valence-corrected chi connectivity index (χ2v) is 10.3. The number of ether oxygens (including phenoxy) is 2. The highest BCUT2D eigenvalue weighted by molar-refractivity contribution is 8.00. The van der Waals surface area contributed by atoms with E-state index >= 15 is 0 Å². The number of aliphatic carboxylic acids is 1. The highest BCUT2D eigenvalue weighted by atomic mass is 32.2. The zero-order valence-electron chi connectivity index (χ0n) is 15.3. The number of hydrogen-bond donors (Lipinski definition) is 2. The Kier molecular flexibility index (Phi) is 3.57. The van der Waals surface area contributed by atoms with Crippen molar-refractivity contribution in [2.24, 2.45) is 29.6 Å². The fourth-order valence-corrected chi connectivity index (χ4v) is 9.04. The van der Waals surface area contributed by atoms with E-state index in [2.05, 4.69) is 4.98 Å². The predicted molar refractivity (Wildman–Crippen MR) is 105 cm³/mol. The van der Waals surface area contributed by atoms with Gasteiger partial charge in [-0.3, -0.25) is 14.4 Å². The minimum atomic E-state index is -0.944. The molecule has 4 aliphatic rings. The van der Waals surface area contributed by atoms with Crippen molar-refractivity contribution in [3.63, 3.8) is 0 Å². The molecule has 9 heteroatoms. The van der Waals surface area contributed by atoms with Crippen molar-refractivity contribution in [3.8, 4) is 11.5 Å². The van der Waals surface area contributed by atoms with Crippen LogP contribution in [0.3, 0.4) is 0 Å². The second-order valence-electron chi connectivity index (χ2n) is 8.10. The van der Waals surface area contributed by atoms with Gasteiger partial charge in [0.15, 0.2) is 11.5 Å². The van der Waals surface area contributed by atoms with Gasteiger partial charge in [0, 0.05) is 21.6 Å². The average molecular weight is 431 g/mol. The molecule has 0 spiro atoms. The second kappa shape index (κ2) is 5.89. The first-order valence-corrected chi connectivity index (χ1v) is 11.2. The number of para-hydroxylation sites is 1. The van der Waals surface area contributed by atoms with E-state index in [4.69, 9.17) is 9.47 Å². The van der Waals surface area contributed by atoms with Gasteiger partial charge < -0.3 is 19.6 Å². The number of aromatic nitrogens is 1. The molecule has 2 aliphatic carbocycles. The van der Waals surface area contributed by atoms with E-state index in [9.17, 15) is 19.5 Å². The fourth-order valence-electron chi connectivity index (χ4n) is 6.16. The molecule has 29 heavy (non-hydrogen) atoms. The number of carboxylic acid groups (broad SMARTS) is 1. The molecule has 2 fully saturated rings. The van der Waals surface area contributed by atoms with E-state index in [1.165, 1.54) is 18.4 Å². The van der Waals surface area contributed by atoms with E-state index in [1.807, 2.05) is 12.1 Å². The van der Waals surface area contributed by atoms with Crippen LogP contribution in [-0.2, 0) is 9.59 Å². The monoisotopic (exact) mass is 431 g/mol. The Morgan fingerprint density at radius 3 is 2.90 bits per heavy atom. The van der Waals surface area contributed by atoms with Crippen molar-refractivity contribution in [3.05, 3.63) is 38.3 Å². The summed E-state index contributed by atoms with van der Waals surface area (Å²) >= 11 is 2.78. The molecule has 2 bridgehead atoms. The molecule has 2 aliphatic heterocycles. The lowest BCUT2D eigenvalue weighted by Crippen LogP contribution is -2.49. The summed E-state index contributed by atoms with van der Waals surface area (Å²) in [6.45, 7) is 0. The highest BCUT2D eigenvalue weighted by Gasteiger charge is 2.67. The SMILES string of the molecule is COc1cccc2c1OC(=O)[C@H]1[C@H]3C[C@@H]([C@H]4Sc5[nH]c(=O)sc5[C@H]2[C@@H]34)[C@@H]1C(=O)O. The van der Waals surface area contributed by atoms with Crippen molar-refractivity contribution < 1.29 is 24.2 Å². The summed E-state index contributed by atoms with van der Waals surface area (Å²) in [5.41, 5.74) is 0.836. The third-order valence-electron chi connectivity index (χ3n) is 7.04. The third kappa shape index (κ3) is 2.17. The number of aromatic amines is 1. The Morgan fingerprint density at radius 2 is 2.14 bits per heavy atom. The number of methoxy groups -OCH3 is 1. The number of thiazole rings is 1. The maximum absolute atomic E-state index is 13.1. The van der Waals surface area contributed by atoms with Gasteiger partial charge in [-0.1, -0.05) is 23.5 Å². The van der Waals surface area contributed by atoms with E-state index in [0.717, 1.165) is 15.5 Å². The van der Waals surface area contributed by atoms with Crippen molar-refractivity contribution in [2.75, 3.05) is 7.11 Å². The highest BCUT2D eigenvalue weighted by Crippen LogP contribution is 2.68. The molecule has 7 atom stereocenters. The summed E-state index contributed by atoms with van der Waals surface area (Å²) in [7, 11) is 1.51. The van der Waals surface area contributed by atoms with E-state index < -0.39 is 23.8 Å². The fraction of sp³-hybridized carbons (Fsp3) is 0.450. The predicted octanol–water partition coefficient (Wildman–Crippen LogP) is 2.55. The summed E-state index contributed by atoms with van der Waals surface area (Å²) in [6, 6.07) is 5.52. The average Bonchev–Trinajstić information content (AvgIpc) is 3.35. The number of carbonyl (C=O) groups excluding carboxylic acids is 1. The van der Waals surface area contributed by atoms with Gasteiger partial charge in [0.05, 0.1) is 24.0 Å². The number of nitrogens with one attached hydrogen (secondary N) is 1. The molecular weight excluding hydrogens is 414 g/mol. The van der Waals surface area contributed by atoms with Crippen LogP contribution in [0.4, 0.5) is 0 Å². The van der Waals surface area contributed by atoms with Crippen molar-refractivity contribution >= 4 is 35.0 Å². The number of rotatable bonds is 2. The Morgan fingerprint density at radius 1 is 1.31 bits per heavy atom. The number of hydrogen-bond acceptors (Lipinski definition) is 7. The first kappa shape index (κ1) is 17.6. The van der Waals surface area contributed by atoms with Gasteiger partial charge in [0.2, 0.25) is 0 Å². The van der Waals surface area contributed by atoms with E-state index in [1.54, 1.807) is 17.8 Å². The van der Waals surface area contributed by atoms with E-state index in [-0.39, 0.29) is 33.8 Å². The summed E-state index contributed by atoms with van der Waals surface area (Å²) in [5.74, 6) is -2.28. The van der Waals surface area contributed by atoms with Crippen molar-refractivity contribution in [1.29, 1.82) is 0 Å². The molecule has 0 amide bonds. The maximum Gasteiger partial charge on any atom is 0.315 e. The van der Waals surface area contributed by atoms with Crippen LogP contribution in [0, 0.1) is 29.6 Å². The Labute approximate surface area is 173 Å². The number of H-pyrrole nitrogens is 1. The first-order chi connectivity index (χ1) is 14.0. The number of carbonyl (C=O) groups is 2. The van der Waals surface area contributed by atoms with Crippen LogP contribution < -0.4 is 14.3 Å². The lowest BCUT2D eigenvalue weighted by Gasteiger charge is -2.45. The minimum absolute atomic E-state index is 0.0463. The number of esters is 1. The zero-order chi connectivity index (χ0) is 20.0. The molecule has 0 unspecified atom stereocenters.